The van der Waals surface area contributed by atoms with Gasteiger partial charge in [0, 0.05) is 20.3 Å². The minimum Gasteiger partial charge on any atom is -0.507 e. The maximum atomic E-state index is 12.0. The largest absolute Gasteiger partial charge is 0.507 e. The van der Waals surface area contributed by atoms with Crippen LogP contribution < -0.4 is 4.72 Å². The van der Waals surface area contributed by atoms with Gasteiger partial charge in [-0.1, -0.05) is 0 Å². The van der Waals surface area contributed by atoms with Crippen LogP contribution in [0.5, 0.6) is 5.75 Å². The molecule has 0 saturated carbocycles. The summed E-state index contributed by atoms with van der Waals surface area (Å²) in [6.07, 6.45) is 2.33. The number of phenols is 1. The number of carboxylic acid groups (broad SMARTS) is 1. The number of ether oxygens (including phenoxy) is 1. The van der Waals surface area contributed by atoms with Gasteiger partial charge in [-0.15, -0.1) is 0 Å². The zero-order valence-electron chi connectivity index (χ0n) is 11.7. The summed E-state index contributed by atoms with van der Waals surface area (Å²) in [6, 6.07) is 3.15. The maximum Gasteiger partial charge on any atom is 0.339 e. The van der Waals surface area contributed by atoms with Crippen LogP contribution in [0.25, 0.3) is 0 Å². The first-order valence-electron chi connectivity index (χ1n) is 6.43. The van der Waals surface area contributed by atoms with Crippen molar-refractivity contribution in [3.05, 3.63) is 23.8 Å². The van der Waals surface area contributed by atoms with E-state index in [2.05, 4.69) is 4.72 Å². The fourth-order valence-electron chi connectivity index (χ4n) is 1.69. The predicted molar refractivity (Wildman–Crippen MR) is 76.0 cm³/mol. The fraction of sp³-hybridized carbons (Fsp3) is 0.462. The van der Waals surface area contributed by atoms with E-state index < -0.39 is 27.3 Å². The van der Waals surface area contributed by atoms with E-state index >= 15 is 0 Å². The zero-order chi connectivity index (χ0) is 15.9. The lowest BCUT2D eigenvalue weighted by Crippen LogP contribution is -2.25. The van der Waals surface area contributed by atoms with E-state index in [1.807, 2.05) is 0 Å². The van der Waals surface area contributed by atoms with Gasteiger partial charge < -0.3 is 14.9 Å². The molecule has 0 radical (unpaired) electrons. The van der Waals surface area contributed by atoms with E-state index in [-0.39, 0.29) is 11.4 Å². The molecule has 3 N–H and O–H groups in total. The Morgan fingerprint density at radius 1 is 1.29 bits per heavy atom. The predicted octanol–water partition coefficient (Wildman–Crippen LogP) is 1.19. The molecular formula is C13H19NO6S. The van der Waals surface area contributed by atoms with Gasteiger partial charge in [0.2, 0.25) is 10.0 Å². The minimum atomic E-state index is -3.78. The van der Waals surface area contributed by atoms with Gasteiger partial charge in [-0.2, -0.15) is 0 Å². The van der Waals surface area contributed by atoms with E-state index in [4.69, 9.17) is 9.84 Å². The monoisotopic (exact) mass is 317 g/mol. The van der Waals surface area contributed by atoms with Crippen LogP contribution in [0.2, 0.25) is 0 Å². The van der Waals surface area contributed by atoms with Crippen molar-refractivity contribution >= 4 is 16.0 Å². The van der Waals surface area contributed by atoms with Gasteiger partial charge in [-0.05, 0) is 37.5 Å². The number of aromatic carboxylic acids is 1. The van der Waals surface area contributed by atoms with Gasteiger partial charge in [-0.3, -0.25) is 0 Å². The molecule has 8 heteroatoms. The zero-order valence-corrected chi connectivity index (χ0v) is 12.5. The normalized spacial score (nSPS) is 11.5. The Balaban J connectivity index is 2.66. The molecule has 0 aliphatic rings. The number of sulfonamides is 1. The highest BCUT2D eigenvalue weighted by molar-refractivity contribution is 7.89. The van der Waals surface area contributed by atoms with Crippen LogP contribution >= 0.6 is 0 Å². The number of carbonyl (C=O) groups is 1. The second-order valence-electron chi connectivity index (χ2n) is 4.44. The Hall–Kier alpha value is -1.64. The Morgan fingerprint density at radius 2 is 2.00 bits per heavy atom. The average Bonchev–Trinajstić information content (AvgIpc) is 2.42. The quantitative estimate of drug-likeness (QED) is 0.590. The van der Waals surface area contributed by atoms with Crippen molar-refractivity contribution in [2.75, 3.05) is 20.3 Å². The van der Waals surface area contributed by atoms with Gasteiger partial charge in [0.05, 0.1) is 4.90 Å². The van der Waals surface area contributed by atoms with Crippen LogP contribution in [0.15, 0.2) is 23.1 Å². The lowest BCUT2D eigenvalue weighted by molar-refractivity contribution is 0.0693. The highest BCUT2D eigenvalue weighted by Gasteiger charge is 2.18. The van der Waals surface area contributed by atoms with Crippen molar-refractivity contribution in [1.82, 2.24) is 4.72 Å². The van der Waals surface area contributed by atoms with Gasteiger partial charge in [0.15, 0.2) is 0 Å². The number of unbranched alkanes of at least 4 members (excludes halogenated alkanes) is 2. The molecule has 7 nitrogen and oxygen atoms in total. The van der Waals surface area contributed by atoms with Crippen molar-refractivity contribution in [3.63, 3.8) is 0 Å². The number of benzene rings is 1. The number of hydrogen-bond acceptors (Lipinski definition) is 5. The number of rotatable bonds is 9. The van der Waals surface area contributed by atoms with E-state index in [0.717, 1.165) is 31.0 Å². The summed E-state index contributed by atoms with van der Waals surface area (Å²) in [4.78, 5) is 10.7. The maximum absolute atomic E-state index is 12.0. The number of methoxy groups -OCH3 is 1. The average molecular weight is 317 g/mol. The van der Waals surface area contributed by atoms with Crippen molar-refractivity contribution < 1.29 is 28.2 Å². The molecule has 21 heavy (non-hydrogen) atoms. The fourth-order valence-corrected chi connectivity index (χ4v) is 2.79. The molecule has 1 aromatic rings. The molecule has 0 aliphatic heterocycles. The Morgan fingerprint density at radius 3 is 2.62 bits per heavy atom. The highest BCUT2D eigenvalue weighted by Crippen LogP contribution is 2.21. The molecule has 1 aromatic carbocycles. The van der Waals surface area contributed by atoms with Crippen molar-refractivity contribution in [3.8, 4) is 5.75 Å². The number of hydrogen-bond donors (Lipinski definition) is 3. The molecule has 0 atom stereocenters. The summed E-state index contributed by atoms with van der Waals surface area (Å²) in [5.74, 6) is -1.86. The van der Waals surface area contributed by atoms with Crippen molar-refractivity contribution in [2.24, 2.45) is 0 Å². The van der Waals surface area contributed by atoms with Gasteiger partial charge in [-0.25, -0.2) is 17.9 Å². The third kappa shape index (κ3) is 5.33. The number of carboxylic acids is 1. The van der Waals surface area contributed by atoms with Crippen LogP contribution in [-0.4, -0.2) is 44.9 Å². The Kier molecular flexibility index (Phi) is 6.60. The first-order chi connectivity index (χ1) is 9.88. The number of aromatic hydroxyl groups is 1. The highest BCUT2D eigenvalue weighted by atomic mass is 32.2. The SMILES string of the molecule is COCCCCCNS(=O)(=O)c1ccc(O)c(C(=O)O)c1. The second-order valence-corrected chi connectivity index (χ2v) is 6.20. The van der Waals surface area contributed by atoms with Crippen LogP contribution in [0.4, 0.5) is 0 Å². The third-order valence-electron chi connectivity index (χ3n) is 2.83. The Labute approximate surface area is 123 Å². The summed E-state index contributed by atoms with van der Waals surface area (Å²) in [5, 5.41) is 18.2. The summed E-state index contributed by atoms with van der Waals surface area (Å²) >= 11 is 0. The summed E-state index contributed by atoms with van der Waals surface area (Å²) in [5.41, 5.74) is -0.446. The van der Waals surface area contributed by atoms with Gasteiger partial charge >= 0.3 is 5.97 Å². The van der Waals surface area contributed by atoms with E-state index in [1.165, 1.54) is 0 Å². The topological polar surface area (TPSA) is 113 Å². The molecule has 1 rings (SSSR count). The molecule has 118 valence electrons. The molecule has 0 fully saturated rings. The summed E-state index contributed by atoms with van der Waals surface area (Å²) < 4.78 is 31.3. The molecule has 0 spiro atoms. The van der Waals surface area contributed by atoms with Crippen LogP contribution in [-0.2, 0) is 14.8 Å². The molecule has 0 bridgehead atoms. The van der Waals surface area contributed by atoms with Gasteiger partial charge in [0.25, 0.3) is 0 Å². The van der Waals surface area contributed by atoms with Crippen molar-refractivity contribution in [1.29, 1.82) is 0 Å². The molecule has 0 amide bonds. The molecule has 0 saturated heterocycles. The number of nitrogens with one attached hydrogen (secondary N) is 1. The standard InChI is InChI=1S/C13H19NO6S/c1-20-8-4-2-3-7-14-21(18,19)10-5-6-12(15)11(9-10)13(16)17/h5-6,9,14-15H,2-4,7-8H2,1H3,(H,16,17). The lowest BCUT2D eigenvalue weighted by Gasteiger charge is -2.08. The summed E-state index contributed by atoms with van der Waals surface area (Å²) in [7, 11) is -2.18. The second kappa shape index (κ2) is 7.96. The van der Waals surface area contributed by atoms with Gasteiger partial charge in [0.1, 0.15) is 11.3 Å². The van der Waals surface area contributed by atoms with E-state index in [9.17, 15) is 18.3 Å². The first kappa shape index (κ1) is 17.4. The first-order valence-corrected chi connectivity index (χ1v) is 7.91. The molecular weight excluding hydrogens is 298 g/mol. The lowest BCUT2D eigenvalue weighted by atomic mass is 10.2. The molecule has 0 heterocycles. The smallest absolute Gasteiger partial charge is 0.339 e. The Bertz CT molecular complexity index is 584. The third-order valence-corrected chi connectivity index (χ3v) is 4.28. The van der Waals surface area contributed by atoms with Crippen LogP contribution in [0.1, 0.15) is 29.6 Å². The van der Waals surface area contributed by atoms with E-state index in [0.29, 0.717) is 13.0 Å². The molecule has 0 aliphatic carbocycles. The summed E-state index contributed by atoms with van der Waals surface area (Å²) in [6.45, 7) is 0.891. The van der Waals surface area contributed by atoms with Crippen LogP contribution in [0, 0.1) is 0 Å². The minimum absolute atomic E-state index is 0.186. The van der Waals surface area contributed by atoms with Crippen molar-refractivity contribution in [2.45, 2.75) is 24.2 Å². The van der Waals surface area contributed by atoms with Crippen LogP contribution in [0.3, 0.4) is 0 Å². The van der Waals surface area contributed by atoms with E-state index in [1.54, 1.807) is 7.11 Å². The molecule has 0 unspecified atom stereocenters. The molecule has 0 aromatic heterocycles.